The van der Waals surface area contributed by atoms with E-state index in [9.17, 15) is 0 Å². The average molecular weight is 324 g/mol. The van der Waals surface area contributed by atoms with Gasteiger partial charge in [0.25, 0.3) is 0 Å². The Bertz CT molecular complexity index is 567. The number of nitrogens with two attached hydrogens (primary N) is 1. The quantitative estimate of drug-likeness (QED) is 0.614. The molecule has 0 aliphatic rings. The van der Waals surface area contributed by atoms with Gasteiger partial charge in [0.05, 0.1) is 12.2 Å². The van der Waals surface area contributed by atoms with E-state index in [2.05, 4.69) is 24.4 Å². The molecule has 5 heteroatoms. The lowest BCUT2D eigenvalue weighted by Gasteiger charge is -2.13. The second-order valence-electron chi connectivity index (χ2n) is 4.10. The number of thioether (sulfide) groups is 1. The van der Waals surface area contributed by atoms with Crippen LogP contribution in [-0.2, 0) is 6.42 Å². The fourth-order valence-corrected chi connectivity index (χ4v) is 3.67. The topological polar surface area (TPSA) is 35.2 Å². The summed E-state index contributed by atoms with van der Waals surface area (Å²) in [4.78, 5) is 2.81. The monoisotopic (exact) mass is 323 g/mol. The molecule has 1 aromatic heterocycles. The Morgan fingerprint density at radius 1 is 1.35 bits per heavy atom. The van der Waals surface area contributed by atoms with Crippen LogP contribution in [0.1, 0.15) is 17.4 Å². The highest BCUT2D eigenvalue weighted by atomic mass is 32.2. The van der Waals surface area contributed by atoms with Crippen molar-refractivity contribution in [1.29, 1.82) is 0 Å². The Hall–Kier alpha value is -1.04. The third kappa shape index (κ3) is 3.98. The van der Waals surface area contributed by atoms with Gasteiger partial charge in [-0.15, -0.1) is 23.1 Å². The standard InChI is InChI=1S/C15H17NOS3/c1-2-19-13-7-3-6-12(14(13)15(16)18)17-9-8-11-5-4-10-20-11/h3-7,10H,2,8-9H2,1H3,(H2,16,18). The number of hydrogen-bond donors (Lipinski definition) is 1. The number of ether oxygens (including phenoxy) is 1. The maximum Gasteiger partial charge on any atom is 0.130 e. The molecule has 2 rings (SSSR count). The number of thiocarbonyl (C=S) groups is 1. The third-order valence-electron chi connectivity index (χ3n) is 2.72. The van der Waals surface area contributed by atoms with Gasteiger partial charge in [-0.25, -0.2) is 0 Å². The van der Waals surface area contributed by atoms with Crippen LogP contribution in [0.3, 0.4) is 0 Å². The zero-order valence-electron chi connectivity index (χ0n) is 11.3. The van der Waals surface area contributed by atoms with Gasteiger partial charge in [-0.3, -0.25) is 0 Å². The summed E-state index contributed by atoms with van der Waals surface area (Å²) in [5.41, 5.74) is 6.71. The summed E-state index contributed by atoms with van der Waals surface area (Å²) in [6.07, 6.45) is 0.902. The predicted octanol–water partition coefficient (Wildman–Crippen LogP) is 4.12. The third-order valence-corrected chi connectivity index (χ3v) is 4.80. The van der Waals surface area contributed by atoms with Gasteiger partial charge >= 0.3 is 0 Å². The molecule has 0 amide bonds. The molecule has 0 saturated heterocycles. The van der Waals surface area contributed by atoms with Gasteiger partial charge in [0, 0.05) is 16.2 Å². The minimum Gasteiger partial charge on any atom is -0.492 e. The smallest absolute Gasteiger partial charge is 0.130 e. The Morgan fingerprint density at radius 2 is 2.20 bits per heavy atom. The normalized spacial score (nSPS) is 10.4. The van der Waals surface area contributed by atoms with E-state index >= 15 is 0 Å². The Kier molecular flexibility index (Phi) is 5.88. The Labute approximate surface area is 133 Å². The molecule has 0 aliphatic heterocycles. The van der Waals surface area contributed by atoms with Gasteiger partial charge in [0.1, 0.15) is 10.7 Å². The van der Waals surface area contributed by atoms with Crippen molar-refractivity contribution in [1.82, 2.24) is 0 Å². The molecule has 106 valence electrons. The number of hydrogen-bond acceptors (Lipinski definition) is 4. The second-order valence-corrected chi connectivity index (χ2v) is 6.88. The maximum atomic E-state index is 5.88. The minimum atomic E-state index is 0.396. The largest absolute Gasteiger partial charge is 0.492 e. The van der Waals surface area contributed by atoms with Crippen LogP contribution >= 0.6 is 35.3 Å². The lowest BCUT2D eigenvalue weighted by molar-refractivity contribution is 0.321. The molecule has 20 heavy (non-hydrogen) atoms. The summed E-state index contributed by atoms with van der Waals surface area (Å²) in [5, 5.41) is 2.08. The van der Waals surface area contributed by atoms with Crippen LogP contribution in [0.15, 0.2) is 40.6 Å². The maximum absolute atomic E-state index is 5.88. The molecule has 0 saturated carbocycles. The summed E-state index contributed by atoms with van der Waals surface area (Å²) in [6.45, 7) is 2.74. The molecule has 0 bridgehead atoms. The average Bonchev–Trinajstić information content (AvgIpc) is 2.92. The summed E-state index contributed by atoms with van der Waals surface area (Å²) >= 11 is 8.64. The van der Waals surface area contributed by atoms with Crippen molar-refractivity contribution in [2.75, 3.05) is 12.4 Å². The summed E-state index contributed by atoms with van der Waals surface area (Å²) in [6, 6.07) is 10.1. The molecule has 0 fully saturated rings. The van der Waals surface area contributed by atoms with Gasteiger partial charge in [-0.2, -0.15) is 0 Å². The van der Waals surface area contributed by atoms with Crippen LogP contribution in [-0.4, -0.2) is 17.3 Å². The van der Waals surface area contributed by atoms with E-state index in [-0.39, 0.29) is 0 Å². The van der Waals surface area contributed by atoms with Crippen molar-refractivity contribution in [3.8, 4) is 5.75 Å². The van der Waals surface area contributed by atoms with Gasteiger partial charge in [0.15, 0.2) is 0 Å². The Balaban J connectivity index is 2.09. The zero-order valence-corrected chi connectivity index (χ0v) is 13.7. The molecule has 0 spiro atoms. The lowest BCUT2D eigenvalue weighted by Crippen LogP contribution is -2.14. The van der Waals surface area contributed by atoms with Gasteiger partial charge < -0.3 is 10.5 Å². The van der Waals surface area contributed by atoms with Crippen molar-refractivity contribution >= 4 is 40.3 Å². The minimum absolute atomic E-state index is 0.396. The lowest BCUT2D eigenvalue weighted by atomic mass is 10.2. The van der Waals surface area contributed by atoms with E-state index in [1.54, 1.807) is 23.1 Å². The first-order chi connectivity index (χ1) is 9.72. The van der Waals surface area contributed by atoms with Gasteiger partial charge in [-0.05, 0) is 29.3 Å². The van der Waals surface area contributed by atoms with Crippen LogP contribution in [0.5, 0.6) is 5.75 Å². The highest BCUT2D eigenvalue weighted by Crippen LogP contribution is 2.30. The van der Waals surface area contributed by atoms with Crippen molar-refractivity contribution in [3.05, 3.63) is 46.2 Å². The molecule has 2 N–H and O–H groups in total. The van der Waals surface area contributed by atoms with Crippen LogP contribution in [0.4, 0.5) is 0 Å². The first-order valence-electron chi connectivity index (χ1n) is 6.43. The number of thiophene rings is 1. The van der Waals surface area contributed by atoms with Crippen LogP contribution in [0, 0.1) is 0 Å². The molecule has 0 radical (unpaired) electrons. The van der Waals surface area contributed by atoms with Crippen molar-refractivity contribution in [3.63, 3.8) is 0 Å². The molecule has 0 atom stereocenters. The Morgan fingerprint density at radius 3 is 2.85 bits per heavy atom. The van der Waals surface area contributed by atoms with E-state index < -0.39 is 0 Å². The predicted molar refractivity (Wildman–Crippen MR) is 92.2 cm³/mol. The van der Waals surface area contributed by atoms with E-state index in [1.807, 2.05) is 18.2 Å². The number of benzene rings is 1. The van der Waals surface area contributed by atoms with E-state index in [1.165, 1.54) is 4.88 Å². The van der Waals surface area contributed by atoms with Crippen molar-refractivity contribution < 1.29 is 4.74 Å². The molecule has 1 heterocycles. The highest BCUT2D eigenvalue weighted by molar-refractivity contribution is 7.99. The molecule has 2 aromatic rings. The van der Waals surface area contributed by atoms with Gasteiger partial charge in [-0.1, -0.05) is 31.3 Å². The second kappa shape index (κ2) is 7.67. The molecular weight excluding hydrogens is 306 g/mol. The first kappa shape index (κ1) is 15.4. The van der Waals surface area contributed by atoms with Gasteiger partial charge in [0.2, 0.25) is 0 Å². The molecular formula is C15H17NOS3. The van der Waals surface area contributed by atoms with E-state index in [4.69, 9.17) is 22.7 Å². The van der Waals surface area contributed by atoms with Crippen LogP contribution in [0.2, 0.25) is 0 Å². The summed E-state index contributed by atoms with van der Waals surface area (Å²) in [7, 11) is 0. The number of rotatable bonds is 7. The highest BCUT2D eigenvalue weighted by Gasteiger charge is 2.12. The molecule has 0 unspecified atom stereocenters. The first-order valence-corrected chi connectivity index (χ1v) is 8.70. The molecule has 2 nitrogen and oxygen atoms in total. The van der Waals surface area contributed by atoms with E-state index in [0.29, 0.717) is 11.6 Å². The summed E-state index contributed by atoms with van der Waals surface area (Å²) in [5.74, 6) is 1.77. The SMILES string of the molecule is CCSc1cccc(OCCc2cccs2)c1C(N)=S. The zero-order chi connectivity index (χ0) is 14.4. The summed E-state index contributed by atoms with van der Waals surface area (Å²) < 4.78 is 5.88. The van der Waals surface area contributed by atoms with Crippen molar-refractivity contribution in [2.45, 2.75) is 18.2 Å². The van der Waals surface area contributed by atoms with E-state index in [0.717, 1.165) is 28.4 Å². The van der Waals surface area contributed by atoms with Crippen LogP contribution in [0.25, 0.3) is 0 Å². The fourth-order valence-electron chi connectivity index (χ4n) is 1.87. The molecule has 1 aromatic carbocycles. The fraction of sp³-hybridized carbons (Fsp3) is 0.267. The molecule has 0 aliphatic carbocycles. The van der Waals surface area contributed by atoms with Crippen LogP contribution < -0.4 is 10.5 Å². The van der Waals surface area contributed by atoms with Crippen molar-refractivity contribution in [2.24, 2.45) is 5.73 Å².